The van der Waals surface area contributed by atoms with Crippen molar-refractivity contribution in [3.05, 3.63) is 36.0 Å². The van der Waals surface area contributed by atoms with E-state index in [9.17, 15) is 8.78 Å². The van der Waals surface area contributed by atoms with Crippen molar-refractivity contribution in [3.63, 3.8) is 0 Å². The van der Waals surface area contributed by atoms with Gasteiger partial charge in [0.25, 0.3) is 0 Å². The summed E-state index contributed by atoms with van der Waals surface area (Å²) in [5, 5.41) is 0.791. The zero-order valence-electron chi connectivity index (χ0n) is 8.08. The molecule has 0 N–H and O–H groups in total. The molecular formula is C11H9F2NO. The van der Waals surface area contributed by atoms with Gasteiger partial charge in [-0.2, -0.15) is 8.78 Å². The molecule has 1 heterocycles. The van der Waals surface area contributed by atoms with Gasteiger partial charge < -0.3 is 4.74 Å². The summed E-state index contributed by atoms with van der Waals surface area (Å²) in [5.41, 5.74) is 1.24. The molecule has 78 valence electrons. The van der Waals surface area contributed by atoms with Crippen LogP contribution in [-0.4, -0.2) is 11.6 Å². The maximum Gasteiger partial charge on any atom is 0.387 e. The van der Waals surface area contributed by atoms with E-state index in [1.165, 1.54) is 0 Å². The molecule has 0 saturated heterocycles. The average molecular weight is 209 g/mol. The Morgan fingerprint density at radius 2 is 2.00 bits per heavy atom. The van der Waals surface area contributed by atoms with Crippen LogP contribution >= 0.6 is 0 Å². The van der Waals surface area contributed by atoms with Gasteiger partial charge in [0.05, 0.1) is 11.2 Å². The van der Waals surface area contributed by atoms with E-state index in [-0.39, 0.29) is 5.75 Å². The van der Waals surface area contributed by atoms with Crippen LogP contribution in [0.15, 0.2) is 30.3 Å². The Morgan fingerprint density at radius 3 is 2.73 bits per heavy atom. The molecule has 1 aromatic heterocycles. The fraction of sp³-hybridized carbons (Fsp3) is 0.182. The van der Waals surface area contributed by atoms with Crippen LogP contribution in [0.4, 0.5) is 8.78 Å². The standard InChI is InChI=1S/C11H9F2NO/c1-7-10(15-11(12)13)6-8-4-2-3-5-9(8)14-7/h2-6,11H,1H3. The molecule has 0 aliphatic carbocycles. The average Bonchev–Trinajstić information content (AvgIpc) is 2.18. The number of hydrogen-bond acceptors (Lipinski definition) is 2. The predicted molar refractivity (Wildman–Crippen MR) is 53.1 cm³/mol. The molecular weight excluding hydrogens is 200 g/mol. The number of alkyl halides is 2. The maximum absolute atomic E-state index is 12.1. The number of halogens is 2. The molecule has 0 atom stereocenters. The molecule has 0 aliphatic heterocycles. The first kappa shape index (κ1) is 9.83. The SMILES string of the molecule is Cc1nc2ccccc2cc1OC(F)F. The van der Waals surface area contributed by atoms with E-state index < -0.39 is 6.61 Å². The molecule has 2 rings (SSSR count). The van der Waals surface area contributed by atoms with Crippen LogP contribution < -0.4 is 4.74 Å². The van der Waals surface area contributed by atoms with Gasteiger partial charge in [-0.1, -0.05) is 18.2 Å². The van der Waals surface area contributed by atoms with Crippen LogP contribution in [0.5, 0.6) is 5.75 Å². The lowest BCUT2D eigenvalue weighted by molar-refractivity contribution is -0.0504. The van der Waals surface area contributed by atoms with Crippen LogP contribution in [0, 0.1) is 6.92 Å². The van der Waals surface area contributed by atoms with Gasteiger partial charge in [-0.25, -0.2) is 4.98 Å². The number of rotatable bonds is 2. The van der Waals surface area contributed by atoms with Crippen LogP contribution in [0.25, 0.3) is 10.9 Å². The van der Waals surface area contributed by atoms with Crippen LogP contribution in [0.1, 0.15) is 5.69 Å². The number of ether oxygens (including phenoxy) is 1. The minimum absolute atomic E-state index is 0.128. The second-order valence-corrected chi connectivity index (χ2v) is 3.14. The van der Waals surface area contributed by atoms with E-state index in [1.807, 2.05) is 18.2 Å². The smallest absolute Gasteiger partial charge is 0.387 e. The molecule has 1 aromatic carbocycles. The quantitative estimate of drug-likeness (QED) is 0.758. The van der Waals surface area contributed by atoms with Crippen molar-refractivity contribution >= 4 is 10.9 Å². The van der Waals surface area contributed by atoms with Crippen molar-refractivity contribution in [2.24, 2.45) is 0 Å². The summed E-state index contributed by atoms with van der Waals surface area (Å²) >= 11 is 0. The number of hydrogen-bond donors (Lipinski definition) is 0. The van der Waals surface area contributed by atoms with Crippen molar-refractivity contribution in [2.75, 3.05) is 0 Å². The van der Waals surface area contributed by atoms with Gasteiger partial charge in [0.15, 0.2) is 0 Å². The van der Waals surface area contributed by atoms with E-state index in [2.05, 4.69) is 9.72 Å². The van der Waals surface area contributed by atoms with Gasteiger partial charge in [0.1, 0.15) is 5.75 Å². The number of aryl methyl sites for hydroxylation is 1. The van der Waals surface area contributed by atoms with Gasteiger partial charge in [-0.05, 0) is 19.1 Å². The molecule has 4 heteroatoms. The lowest BCUT2D eigenvalue weighted by Crippen LogP contribution is -2.04. The highest BCUT2D eigenvalue weighted by Crippen LogP contribution is 2.23. The number of fused-ring (bicyclic) bond motifs is 1. The minimum atomic E-state index is -2.81. The second-order valence-electron chi connectivity index (χ2n) is 3.14. The van der Waals surface area contributed by atoms with Crippen molar-refractivity contribution in [1.29, 1.82) is 0 Å². The van der Waals surface area contributed by atoms with Gasteiger partial charge in [-0.3, -0.25) is 0 Å². The third-order valence-electron chi connectivity index (χ3n) is 2.08. The topological polar surface area (TPSA) is 22.1 Å². The lowest BCUT2D eigenvalue weighted by Gasteiger charge is -2.08. The zero-order chi connectivity index (χ0) is 10.8. The Bertz CT molecular complexity index is 485. The number of para-hydroxylation sites is 1. The molecule has 0 spiro atoms. The first-order valence-corrected chi connectivity index (χ1v) is 4.48. The normalized spacial score (nSPS) is 10.9. The molecule has 0 bridgehead atoms. The third-order valence-corrected chi connectivity index (χ3v) is 2.08. The Kier molecular flexibility index (Phi) is 2.49. The van der Waals surface area contributed by atoms with E-state index in [4.69, 9.17) is 0 Å². The third kappa shape index (κ3) is 2.03. The number of pyridine rings is 1. The summed E-state index contributed by atoms with van der Waals surface area (Å²) in [7, 11) is 0. The number of aromatic nitrogens is 1. The highest BCUT2D eigenvalue weighted by Gasteiger charge is 2.09. The Labute approximate surface area is 85.5 Å². The molecule has 0 amide bonds. The molecule has 15 heavy (non-hydrogen) atoms. The molecule has 0 fully saturated rings. The largest absolute Gasteiger partial charge is 0.433 e. The Hall–Kier alpha value is -1.71. The van der Waals surface area contributed by atoms with E-state index in [1.54, 1.807) is 19.1 Å². The van der Waals surface area contributed by atoms with Gasteiger partial charge in [0.2, 0.25) is 0 Å². The minimum Gasteiger partial charge on any atom is -0.433 e. The van der Waals surface area contributed by atoms with Gasteiger partial charge in [-0.15, -0.1) is 0 Å². The second kappa shape index (κ2) is 3.81. The fourth-order valence-electron chi connectivity index (χ4n) is 1.41. The lowest BCUT2D eigenvalue weighted by atomic mass is 10.2. The fourth-order valence-corrected chi connectivity index (χ4v) is 1.41. The first-order valence-electron chi connectivity index (χ1n) is 4.48. The molecule has 2 nitrogen and oxygen atoms in total. The van der Waals surface area contributed by atoms with E-state index in [0.29, 0.717) is 5.69 Å². The van der Waals surface area contributed by atoms with Gasteiger partial charge in [0, 0.05) is 5.39 Å². The first-order chi connectivity index (χ1) is 7.16. The Balaban J connectivity index is 2.52. The van der Waals surface area contributed by atoms with Crippen molar-refractivity contribution in [2.45, 2.75) is 13.5 Å². The van der Waals surface area contributed by atoms with Crippen molar-refractivity contribution < 1.29 is 13.5 Å². The number of nitrogens with zero attached hydrogens (tertiary/aromatic N) is 1. The monoisotopic (exact) mass is 209 g/mol. The summed E-state index contributed by atoms with van der Waals surface area (Å²) in [6.45, 7) is -1.17. The molecule has 0 aliphatic rings. The zero-order valence-corrected chi connectivity index (χ0v) is 8.08. The predicted octanol–water partition coefficient (Wildman–Crippen LogP) is 3.14. The molecule has 0 radical (unpaired) electrons. The summed E-state index contributed by atoms with van der Waals surface area (Å²) in [4.78, 5) is 4.17. The van der Waals surface area contributed by atoms with E-state index in [0.717, 1.165) is 10.9 Å². The molecule has 0 unspecified atom stereocenters. The summed E-state index contributed by atoms with van der Waals surface area (Å²) in [5.74, 6) is 0.128. The van der Waals surface area contributed by atoms with Crippen LogP contribution in [-0.2, 0) is 0 Å². The maximum atomic E-state index is 12.1. The molecule has 2 aromatic rings. The van der Waals surface area contributed by atoms with Crippen LogP contribution in [0.2, 0.25) is 0 Å². The van der Waals surface area contributed by atoms with Crippen molar-refractivity contribution in [1.82, 2.24) is 4.98 Å². The summed E-state index contributed by atoms with van der Waals surface area (Å²) in [6.07, 6.45) is 0. The Morgan fingerprint density at radius 1 is 1.27 bits per heavy atom. The highest BCUT2D eigenvalue weighted by atomic mass is 19.3. The van der Waals surface area contributed by atoms with Gasteiger partial charge >= 0.3 is 6.61 Å². The van der Waals surface area contributed by atoms with Crippen LogP contribution in [0.3, 0.4) is 0 Å². The molecule has 0 saturated carbocycles. The van der Waals surface area contributed by atoms with Crippen molar-refractivity contribution in [3.8, 4) is 5.75 Å². The number of benzene rings is 1. The highest BCUT2D eigenvalue weighted by molar-refractivity contribution is 5.80. The summed E-state index contributed by atoms with van der Waals surface area (Å²) in [6, 6.07) is 8.88. The summed E-state index contributed by atoms with van der Waals surface area (Å²) < 4.78 is 28.5. The van der Waals surface area contributed by atoms with E-state index >= 15 is 0 Å².